The third kappa shape index (κ3) is 14.0. The van der Waals surface area contributed by atoms with Gasteiger partial charge in [-0.2, -0.15) is 0 Å². The Balaban J connectivity index is 0.000000200. The fourth-order valence-corrected chi connectivity index (χ4v) is 30.7. The van der Waals surface area contributed by atoms with Gasteiger partial charge in [0.05, 0.1) is 29.4 Å². The Morgan fingerprint density at radius 1 is 0.515 bits per heavy atom. The van der Waals surface area contributed by atoms with Crippen molar-refractivity contribution in [3.63, 3.8) is 0 Å². The molecular formula is C86H144N4O7S2. The number of hydrogen-bond donors (Lipinski definition) is 3. The van der Waals surface area contributed by atoms with Crippen LogP contribution in [0.2, 0.25) is 0 Å². The lowest BCUT2D eigenvalue weighted by Crippen LogP contribution is -2.68. The zero-order valence-corrected chi connectivity index (χ0v) is 67.7. The monoisotopic (exact) mass is 1410 g/mol. The van der Waals surface area contributed by atoms with Crippen molar-refractivity contribution in [2.75, 3.05) is 75.4 Å². The van der Waals surface area contributed by atoms with Crippen molar-refractivity contribution in [1.29, 1.82) is 0 Å². The van der Waals surface area contributed by atoms with Gasteiger partial charge in [-0.25, -0.2) is 16.8 Å². The number of carbonyl (C=O) groups excluding carboxylic acids is 1. The molecule has 0 spiro atoms. The van der Waals surface area contributed by atoms with E-state index < -0.39 is 25.6 Å². The summed E-state index contributed by atoms with van der Waals surface area (Å²) in [7, 11) is -5.70. The van der Waals surface area contributed by atoms with Crippen molar-refractivity contribution in [1.82, 2.24) is 20.4 Å². The van der Waals surface area contributed by atoms with Gasteiger partial charge in [0.2, 0.25) is 0 Å². The second-order valence-electron chi connectivity index (χ2n) is 40.8. The Morgan fingerprint density at radius 2 is 0.889 bits per heavy atom. The van der Waals surface area contributed by atoms with E-state index in [0.717, 1.165) is 64.2 Å². The highest BCUT2D eigenvalue weighted by atomic mass is 32.2. The number of allylic oxidation sites excluding steroid dienone is 6. The van der Waals surface area contributed by atoms with Crippen molar-refractivity contribution in [3.05, 3.63) is 47.6 Å². The molecule has 3 N–H and O–H groups in total. The number of hydrogen-bond acceptors (Lipinski definition) is 10. The average molecular weight is 1410 g/mol. The summed E-state index contributed by atoms with van der Waals surface area (Å²) >= 11 is 0. The molecule has 562 valence electrons. The molecule has 0 bridgehead atoms. The van der Waals surface area contributed by atoms with E-state index in [-0.39, 0.29) is 44.6 Å². The van der Waals surface area contributed by atoms with Gasteiger partial charge in [0.15, 0.2) is 19.7 Å². The first-order chi connectivity index (χ1) is 45.9. The maximum absolute atomic E-state index is 12.3. The van der Waals surface area contributed by atoms with Crippen LogP contribution in [0, 0.1) is 113 Å². The van der Waals surface area contributed by atoms with Crippen molar-refractivity contribution in [2.45, 2.75) is 289 Å². The number of nitrogens with zero attached hydrogens (tertiary/aromatic N) is 2. The summed E-state index contributed by atoms with van der Waals surface area (Å²) in [5.41, 5.74) is 8.40. The Labute approximate surface area is 605 Å². The second-order valence-corrected chi connectivity index (χ2v) is 45.4. The summed E-state index contributed by atoms with van der Waals surface area (Å²) in [6.45, 7) is 57.6. The number of rotatable bonds is 21. The third-order valence-electron chi connectivity index (χ3n) is 34.2. The van der Waals surface area contributed by atoms with Crippen LogP contribution in [0.25, 0.3) is 0 Å². The highest BCUT2D eigenvalue weighted by Gasteiger charge is 2.73. The van der Waals surface area contributed by atoms with Crippen LogP contribution >= 0.6 is 0 Å². The number of carbonyl (C=O) groups is 2. The Hall–Kier alpha value is -2.16. The maximum atomic E-state index is 12.3. The van der Waals surface area contributed by atoms with Gasteiger partial charge >= 0.3 is 5.97 Å². The third-order valence-corrected chi connectivity index (χ3v) is 37.4. The average Bonchev–Trinajstić information content (AvgIpc) is 1.58. The van der Waals surface area contributed by atoms with E-state index in [1.807, 2.05) is 6.92 Å². The first kappa shape index (κ1) is 77.9. The van der Waals surface area contributed by atoms with Crippen molar-refractivity contribution >= 4 is 31.4 Å². The summed E-state index contributed by atoms with van der Waals surface area (Å²) in [6.07, 6.45) is 34.2. The van der Waals surface area contributed by atoms with E-state index in [2.05, 4.69) is 157 Å². The summed E-state index contributed by atoms with van der Waals surface area (Å²) in [6, 6.07) is 0. The first-order valence-corrected chi connectivity index (χ1v) is 44.4. The first-order valence-electron chi connectivity index (χ1n) is 40.7. The minimum absolute atomic E-state index is 0.0621. The van der Waals surface area contributed by atoms with Crippen LogP contribution in [-0.2, 0) is 29.3 Å². The zero-order chi connectivity index (χ0) is 72.4. The highest BCUT2D eigenvalue weighted by molar-refractivity contribution is 7.91. The summed E-state index contributed by atoms with van der Waals surface area (Å²) in [5, 5.41) is 17.9. The second kappa shape index (κ2) is 27.6. The number of sulfone groups is 2. The van der Waals surface area contributed by atoms with Crippen LogP contribution in [0.3, 0.4) is 0 Å². The lowest BCUT2D eigenvalue weighted by Gasteiger charge is -2.72. The van der Waals surface area contributed by atoms with Gasteiger partial charge in [-0.1, -0.05) is 151 Å². The van der Waals surface area contributed by atoms with Gasteiger partial charge in [0.25, 0.3) is 0 Å². The number of nitrogens with one attached hydrogen (secondary N) is 2. The lowest BCUT2D eigenvalue weighted by atomic mass is 9.33. The van der Waals surface area contributed by atoms with E-state index in [4.69, 9.17) is 0 Å². The highest BCUT2D eigenvalue weighted by Crippen LogP contribution is 2.79. The number of fused-ring (bicyclic) bond motifs is 14. The van der Waals surface area contributed by atoms with Crippen LogP contribution in [0.1, 0.15) is 278 Å². The fraction of sp³-hybridized carbons (Fsp3) is 0.884. The summed E-state index contributed by atoms with van der Waals surface area (Å²) < 4.78 is 48.1. The van der Waals surface area contributed by atoms with Gasteiger partial charge < -0.3 is 25.5 Å². The molecule has 99 heavy (non-hydrogen) atoms. The molecule has 0 radical (unpaired) electrons. The Morgan fingerprint density at radius 3 is 1.24 bits per heavy atom. The number of aliphatic carboxylic acids is 1. The molecular weight excluding hydrogens is 1270 g/mol. The van der Waals surface area contributed by atoms with Crippen LogP contribution in [0.4, 0.5) is 0 Å². The molecule has 0 aromatic rings. The van der Waals surface area contributed by atoms with E-state index in [1.165, 1.54) is 120 Å². The number of carboxylic acid groups (broad SMARTS) is 1. The molecule has 8 saturated carbocycles. The van der Waals surface area contributed by atoms with Crippen molar-refractivity contribution in [2.24, 2.45) is 113 Å². The van der Waals surface area contributed by atoms with Gasteiger partial charge in [0, 0.05) is 76.3 Å². The predicted molar refractivity (Wildman–Crippen MR) is 410 cm³/mol. The molecule has 2 heterocycles. The van der Waals surface area contributed by atoms with E-state index >= 15 is 0 Å². The Bertz CT molecular complexity index is 3320. The molecule has 0 aromatic heterocycles. The van der Waals surface area contributed by atoms with E-state index in [9.17, 15) is 31.5 Å². The van der Waals surface area contributed by atoms with Crippen LogP contribution in [0.15, 0.2) is 47.6 Å². The largest absolute Gasteiger partial charge is 0.481 e. The normalized spacial score (nSPS) is 42.7. The SMILES string of the molecule is C=C(C)[C@@H]1CC[C@]2(NCCN3CCS(=O)(=O)CC3)CC[C@]3(C)[C@H](CC[C@@H]4[C@@]5(C)CC=C(CCC(C)(C)CC(=O)CC)C(C)(C)[C@@H]5CC[C@]43C)[C@@H]12.C=C(C)[C@@H]1CC[C@]2(NCCN3CCS(=O)(=O)CC3)CC[C@]3(C)[C@H](CC[C@@H]4[C@@]5(C)CC=C(CCC(C)(C)CC(=O)O)C(C)(C)[C@@H]5CC[C@]43C)[C@@H]12. The zero-order valence-electron chi connectivity index (χ0n) is 66.1. The topological polar surface area (TPSA) is 153 Å². The molecule has 2 aliphatic heterocycles. The molecule has 13 heteroatoms. The smallest absolute Gasteiger partial charge is 0.303 e. The van der Waals surface area contributed by atoms with Gasteiger partial charge in [0.1, 0.15) is 5.78 Å². The van der Waals surface area contributed by atoms with E-state index in [1.54, 1.807) is 11.1 Å². The molecule has 0 amide bonds. The number of carboxylic acids is 1. The molecule has 2 saturated heterocycles. The van der Waals surface area contributed by atoms with Crippen molar-refractivity contribution < 1.29 is 31.5 Å². The molecule has 18 atom stereocenters. The standard InChI is InChI=1S/C44H74N2O3S.C42H70N2O4S/c1-11-33(47)30-39(4,5)18-14-32-15-19-41(8)36(40(32,6)7)17-20-43(10)37(41)13-12-35-38-34(31(2)3)16-21-44(38,23-22-42(35,43)9)45-24-25-46-26-28-50(48,49)29-27-46;1-29(2)31-14-19-42(43-22-23-44-24-26-49(47,48)27-25-44)21-20-40(8)32(36(31)42)10-11-34-39(7)17-13-30(12-16-37(3,4)28-35(45)46)38(5,6)33(39)15-18-41(34,40)9/h15,34-38,45H,2,11-14,16-30H2,1,3-10H3;13,31-34,36,43H,1,10-12,14-28H2,2-9H3,(H,45,46)/t34-,35+,36-,37+,38+,41-,42+,43+,44-;31-,32+,33-,34+,36+,39-,40+,41+,42-/m00/s1. The van der Waals surface area contributed by atoms with Crippen LogP contribution in [-0.4, -0.2) is 130 Å². The number of Topliss-reactive ketones (excluding diaryl/α,β-unsaturated/α-hetero) is 1. The quantitative estimate of drug-likeness (QED) is 0.0942. The lowest BCUT2D eigenvalue weighted by molar-refractivity contribution is -0.221. The van der Waals surface area contributed by atoms with Crippen LogP contribution < -0.4 is 10.6 Å². The Kier molecular flexibility index (Phi) is 21.7. The minimum Gasteiger partial charge on any atom is -0.481 e. The fourth-order valence-electron chi connectivity index (χ4n) is 28.1. The molecule has 12 aliphatic rings. The predicted octanol–water partition coefficient (Wildman–Crippen LogP) is 18.0. The van der Waals surface area contributed by atoms with Gasteiger partial charge in [-0.15, -0.1) is 0 Å². The van der Waals surface area contributed by atoms with Crippen LogP contribution in [0.5, 0.6) is 0 Å². The van der Waals surface area contributed by atoms with Gasteiger partial charge in [-0.05, 0) is 268 Å². The molecule has 12 rings (SSSR count). The molecule has 10 fully saturated rings. The number of ketones is 1. The summed E-state index contributed by atoms with van der Waals surface area (Å²) in [5.74, 6) is 7.59. The van der Waals surface area contributed by atoms with E-state index in [0.29, 0.717) is 148 Å². The minimum atomic E-state index is -2.86. The van der Waals surface area contributed by atoms with Crippen molar-refractivity contribution in [3.8, 4) is 0 Å². The van der Waals surface area contributed by atoms with Gasteiger partial charge in [-0.3, -0.25) is 9.59 Å². The molecule has 0 unspecified atom stereocenters. The molecule has 11 nitrogen and oxygen atoms in total. The maximum Gasteiger partial charge on any atom is 0.303 e. The molecule has 10 aliphatic carbocycles. The summed E-state index contributed by atoms with van der Waals surface area (Å²) in [4.78, 5) is 28.6. The molecule has 0 aromatic carbocycles.